The van der Waals surface area contributed by atoms with Gasteiger partial charge in [0.25, 0.3) is 0 Å². The molecule has 0 unspecified atom stereocenters. The Morgan fingerprint density at radius 2 is 1.65 bits per heavy atom. The Morgan fingerprint density at radius 1 is 0.968 bits per heavy atom. The van der Waals surface area contributed by atoms with Crippen molar-refractivity contribution in [3.8, 4) is 0 Å². The van der Waals surface area contributed by atoms with Crippen LogP contribution in [0.3, 0.4) is 0 Å². The van der Waals surface area contributed by atoms with Gasteiger partial charge in [0.05, 0.1) is 0 Å². The molecule has 0 saturated carbocycles. The summed E-state index contributed by atoms with van der Waals surface area (Å²) >= 11 is 0. The van der Waals surface area contributed by atoms with Crippen LogP contribution < -0.4 is 0 Å². The smallest absolute Gasteiger partial charge is 0.222 e. The third-order valence-corrected chi connectivity index (χ3v) is 8.14. The van der Waals surface area contributed by atoms with Gasteiger partial charge in [-0.15, -0.1) is 0 Å². The highest BCUT2D eigenvalue weighted by atomic mass is 16.2. The molecule has 1 spiro atoms. The van der Waals surface area contributed by atoms with Crippen molar-refractivity contribution in [2.75, 3.05) is 39.3 Å². The number of likely N-dealkylation sites (tertiary alicyclic amines) is 3. The molecule has 0 radical (unpaired) electrons. The summed E-state index contributed by atoms with van der Waals surface area (Å²) in [4.78, 5) is 32.3. The molecule has 3 aliphatic heterocycles. The van der Waals surface area contributed by atoms with E-state index in [9.17, 15) is 9.59 Å². The first-order valence-corrected chi connectivity index (χ1v) is 12.4. The normalized spacial score (nSPS) is 23.2. The Morgan fingerprint density at radius 3 is 2.32 bits per heavy atom. The molecule has 0 bridgehead atoms. The highest BCUT2D eigenvalue weighted by Gasteiger charge is 2.39. The van der Waals surface area contributed by atoms with Gasteiger partial charge in [0.1, 0.15) is 0 Å². The molecule has 3 heterocycles. The zero-order valence-electron chi connectivity index (χ0n) is 19.2. The van der Waals surface area contributed by atoms with E-state index in [1.54, 1.807) is 0 Å². The fourth-order valence-electron chi connectivity index (χ4n) is 5.74. The Bertz CT molecular complexity index is 734. The van der Waals surface area contributed by atoms with Gasteiger partial charge in [0.15, 0.2) is 0 Å². The van der Waals surface area contributed by atoms with E-state index in [1.165, 1.54) is 5.56 Å². The van der Waals surface area contributed by atoms with Crippen LogP contribution in [-0.2, 0) is 16.1 Å². The number of hydrogen-bond acceptors (Lipinski definition) is 3. The summed E-state index contributed by atoms with van der Waals surface area (Å²) in [7, 11) is 0. The van der Waals surface area contributed by atoms with Crippen molar-refractivity contribution in [1.29, 1.82) is 0 Å². The first-order valence-electron chi connectivity index (χ1n) is 12.4. The van der Waals surface area contributed by atoms with Gasteiger partial charge >= 0.3 is 0 Å². The second kappa shape index (κ2) is 10.2. The van der Waals surface area contributed by atoms with Crippen molar-refractivity contribution >= 4 is 11.8 Å². The molecule has 3 fully saturated rings. The Kier molecular flexibility index (Phi) is 7.31. The van der Waals surface area contributed by atoms with E-state index in [0.29, 0.717) is 18.2 Å². The average molecular weight is 426 g/mol. The number of rotatable bonds is 5. The lowest BCUT2D eigenvalue weighted by Crippen LogP contribution is -2.44. The molecule has 0 aromatic heterocycles. The quantitative estimate of drug-likeness (QED) is 0.718. The molecule has 1 aromatic carbocycles. The van der Waals surface area contributed by atoms with Gasteiger partial charge in [-0.3, -0.25) is 9.59 Å². The first kappa shape index (κ1) is 22.3. The van der Waals surface area contributed by atoms with Crippen molar-refractivity contribution in [1.82, 2.24) is 14.7 Å². The Hall–Kier alpha value is -1.88. The number of amides is 2. The Labute approximate surface area is 187 Å². The summed E-state index contributed by atoms with van der Waals surface area (Å²) in [5.74, 6) is 1.21. The molecule has 2 amide bonds. The molecule has 0 atom stereocenters. The summed E-state index contributed by atoms with van der Waals surface area (Å²) in [6.07, 6.45) is 7.87. The highest BCUT2D eigenvalue weighted by Crippen LogP contribution is 2.42. The second-order valence-corrected chi connectivity index (χ2v) is 10.0. The molecule has 170 valence electrons. The molecule has 1 aromatic rings. The van der Waals surface area contributed by atoms with Gasteiger partial charge in [-0.2, -0.15) is 0 Å². The lowest BCUT2D eigenvalue weighted by Gasteiger charge is -2.42. The number of nitrogens with zero attached hydrogens (tertiary/aromatic N) is 3. The van der Waals surface area contributed by atoms with E-state index in [1.807, 2.05) is 23.1 Å². The minimum absolute atomic E-state index is 0.240. The third-order valence-electron chi connectivity index (χ3n) is 8.14. The summed E-state index contributed by atoms with van der Waals surface area (Å²) in [5.41, 5.74) is 1.45. The van der Waals surface area contributed by atoms with Crippen LogP contribution in [-0.4, -0.2) is 65.8 Å². The fourth-order valence-corrected chi connectivity index (χ4v) is 5.74. The van der Waals surface area contributed by atoms with Gasteiger partial charge in [-0.25, -0.2) is 0 Å². The molecule has 3 aliphatic rings. The summed E-state index contributed by atoms with van der Waals surface area (Å²) < 4.78 is 0. The maximum absolute atomic E-state index is 12.9. The topological polar surface area (TPSA) is 43.9 Å². The number of carbonyl (C=O) groups excluding carboxylic acids is 2. The van der Waals surface area contributed by atoms with Crippen molar-refractivity contribution < 1.29 is 9.59 Å². The largest absolute Gasteiger partial charge is 0.343 e. The van der Waals surface area contributed by atoms with Gasteiger partial charge in [-0.1, -0.05) is 37.3 Å². The molecular weight excluding hydrogens is 386 g/mol. The number of benzene rings is 1. The molecule has 5 heteroatoms. The van der Waals surface area contributed by atoms with E-state index >= 15 is 0 Å². The van der Waals surface area contributed by atoms with Crippen LogP contribution in [0.15, 0.2) is 30.3 Å². The molecule has 4 rings (SSSR count). The summed E-state index contributed by atoms with van der Waals surface area (Å²) in [5, 5.41) is 0. The molecule has 3 saturated heterocycles. The van der Waals surface area contributed by atoms with Crippen LogP contribution in [0.2, 0.25) is 0 Å². The summed E-state index contributed by atoms with van der Waals surface area (Å²) in [6, 6.07) is 10.3. The average Bonchev–Trinajstić information content (AvgIpc) is 2.95. The van der Waals surface area contributed by atoms with Crippen molar-refractivity contribution in [3.05, 3.63) is 35.9 Å². The predicted molar refractivity (Wildman–Crippen MR) is 123 cm³/mol. The zero-order valence-corrected chi connectivity index (χ0v) is 19.2. The maximum atomic E-state index is 12.9. The zero-order chi connectivity index (χ0) is 21.7. The molecule has 0 aliphatic carbocycles. The van der Waals surface area contributed by atoms with E-state index in [0.717, 1.165) is 90.8 Å². The van der Waals surface area contributed by atoms with E-state index in [2.05, 4.69) is 28.9 Å². The van der Waals surface area contributed by atoms with Crippen LogP contribution in [0.1, 0.15) is 63.9 Å². The third kappa shape index (κ3) is 5.68. The summed E-state index contributed by atoms with van der Waals surface area (Å²) in [6.45, 7) is 8.95. The number of hydrogen-bond donors (Lipinski definition) is 0. The minimum Gasteiger partial charge on any atom is -0.343 e. The monoisotopic (exact) mass is 425 g/mol. The van der Waals surface area contributed by atoms with Crippen LogP contribution in [0.25, 0.3) is 0 Å². The van der Waals surface area contributed by atoms with Crippen molar-refractivity contribution in [3.63, 3.8) is 0 Å². The van der Waals surface area contributed by atoms with Crippen molar-refractivity contribution in [2.24, 2.45) is 11.3 Å². The van der Waals surface area contributed by atoms with Gasteiger partial charge in [0.2, 0.25) is 11.8 Å². The van der Waals surface area contributed by atoms with Gasteiger partial charge in [0, 0.05) is 39.0 Å². The van der Waals surface area contributed by atoms with Crippen LogP contribution >= 0.6 is 0 Å². The highest BCUT2D eigenvalue weighted by molar-refractivity contribution is 5.77. The molecule has 0 N–H and O–H groups in total. The van der Waals surface area contributed by atoms with Gasteiger partial charge in [-0.05, 0) is 75.1 Å². The van der Waals surface area contributed by atoms with Gasteiger partial charge < -0.3 is 14.7 Å². The lowest BCUT2D eigenvalue weighted by molar-refractivity contribution is -0.135. The second-order valence-electron chi connectivity index (χ2n) is 10.0. The molecular formula is C26H39N3O2. The Balaban J connectivity index is 1.26. The molecule has 31 heavy (non-hydrogen) atoms. The van der Waals surface area contributed by atoms with Crippen molar-refractivity contribution in [2.45, 2.75) is 64.8 Å². The molecule has 5 nitrogen and oxygen atoms in total. The van der Waals surface area contributed by atoms with E-state index in [4.69, 9.17) is 0 Å². The van der Waals surface area contributed by atoms with E-state index < -0.39 is 0 Å². The SMILES string of the molecule is CCN1CCC(CC(=O)N2CCC3(CCC(=O)N(Cc4ccccc4)CC3)CC2)CC1. The standard InChI is InChI=1S/C26H39N3O2/c1-2-27-15-9-22(10-16-27)20-25(31)28-17-12-26(13-18-28)11-8-24(30)29(19-14-26)21-23-6-4-3-5-7-23/h3-7,22H,2,8-21H2,1H3. The van der Waals surface area contributed by atoms with Crippen LogP contribution in [0.5, 0.6) is 0 Å². The van der Waals surface area contributed by atoms with Crippen LogP contribution in [0.4, 0.5) is 0 Å². The lowest BCUT2D eigenvalue weighted by atomic mass is 9.73. The fraction of sp³-hybridized carbons (Fsp3) is 0.692. The van der Waals surface area contributed by atoms with E-state index in [-0.39, 0.29) is 11.3 Å². The first-order chi connectivity index (χ1) is 15.1. The maximum Gasteiger partial charge on any atom is 0.222 e. The minimum atomic E-state index is 0.240. The number of carbonyl (C=O) groups is 2. The number of piperidine rings is 2. The predicted octanol–water partition coefficient (Wildman–Crippen LogP) is 3.93. The van der Waals surface area contributed by atoms with Crippen LogP contribution in [0, 0.1) is 11.3 Å².